The quantitative estimate of drug-likeness (QED) is 0.616. The summed E-state index contributed by atoms with van der Waals surface area (Å²) in [6.07, 6.45) is 4.66. The van der Waals surface area contributed by atoms with Crippen molar-refractivity contribution in [3.05, 3.63) is 78.0 Å². The van der Waals surface area contributed by atoms with Crippen LogP contribution in [-0.2, 0) is 4.79 Å². The fourth-order valence-corrected chi connectivity index (χ4v) is 3.33. The molecule has 0 aliphatic carbocycles. The van der Waals surface area contributed by atoms with Gasteiger partial charge in [-0.1, -0.05) is 42.5 Å². The third-order valence-corrected chi connectivity index (χ3v) is 4.70. The highest BCUT2D eigenvalue weighted by Crippen LogP contribution is 2.41. The van der Waals surface area contributed by atoms with Gasteiger partial charge in [0.25, 0.3) is 0 Å². The first-order valence-corrected chi connectivity index (χ1v) is 8.85. The van der Waals surface area contributed by atoms with Crippen LogP contribution in [0.15, 0.2) is 66.9 Å². The van der Waals surface area contributed by atoms with E-state index in [1.807, 2.05) is 61.5 Å². The SMILES string of the molecule is C[C@H](CC1=C[N+](C)(C(=O)O)c2ccccc21)NC(=O)C=Cc1ccccc1. The number of hydrogen-bond acceptors (Lipinski definition) is 2. The van der Waals surface area contributed by atoms with Crippen molar-refractivity contribution in [1.82, 2.24) is 9.80 Å². The molecule has 2 atom stereocenters. The molecule has 0 bridgehead atoms. The second-order valence-corrected chi connectivity index (χ2v) is 6.89. The second kappa shape index (κ2) is 7.60. The zero-order valence-electron chi connectivity index (χ0n) is 15.4. The van der Waals surface area contributed by atoms with Crippen molar-refractivity contribution in [3.8, 4) is 0 Å². The first-order chi connectivity index (χ1) is 12.9. The zero-order valence-corrected chi connectivity index (χ0v) is 15.4. The Balaban J connectivity index is 1.69. The van der Waals surface area contributed by atoms with Crippen LogP contribution in [0.3, 0.4) is 0 Å². The number of rotatable bonds is 5. The normalized spacial score (nSPS) is 19.4. The molecule has 2 aromatic rings. The van der Waals surface area contributed by atoms with Crippen LogP contribution in [0.5, 0.6) is 0 Å². The Bertz CT molecular complexity index is 918. The summed E-state index contributed by atoms with van der Waals surface area (Å²) in [5.74, 6) is -0.172. The van der Waals surface area contributed by atoms with Crippen molar-refractivity contribution in [1.29, 1.82) is 0 Å². The molecule has 138 valence electrons. The number of amides is 2. The van der Waals surface area contributed by atoms with Crippen molar-refractivity contribution in [2.45, 2.75) is 19.4 Å². The average Bonchev–Trinajstić information content (AvgIpc) is 2.94. The molecule has 0 aromatic heterocycles. The molecule has 5 heteroatoms. The largest absolute Gasteiger partial charge is 0.523 e. The van der Waals surface area contributed by atoms with Gasteiger partial charge in [-0.2, -0.15) is 9.28 Å². The number of para-hydroxylation sites is 1. The Morgan fingerprint density at radius 3 is 2.48 bits per heavy atom. The first kappa shape index (κ1) is 18.6. The Morgan fingerprint density at radius 2 is 1.78 bits per heavy atom. The van der Waals surface area contributed by atoms with Gasteiger partial charge < -0.3 is 10.4 Å². The van der Waals surface area contributed by atoms with Crippen molar-refractivity contribution in [3.63, 3.8) is 0 Å². The van der Waals surface area contributed by atoms with Gasteiger partial charge in [-0.15, -0.1) is 0 Å². The highest BCUT2D eigenvalue weighted by Gasteiger charge is 2.41. The van der Waals surface area contributed by atoms with E-state index in [9.17, 15) is 14.7 Å². The Kier molecular flexibility index (Phi) is 5.23. The lowest BCUT2D eigenvalue weighted by molar-refractivity contribution is -0.116. The summed E-state index contributed by atoms with van der Waals surface area (Å²) in [5, 5.41) is 12.6. The molecule has 1 aliphatic rings. The first-order valence-electron chi connectivity index (χ1n) is 8.85. The van der Waals surface area contributed by atoms with Crippen LogP contribution in [0, 0.1) is 0 Å². The summed E-state index contributed by atoms with van der Waals surface area (Å²) in [7, 11) is 1.65. The minimum absolute atomic E-state index is 0.127. The maximum absolute atomic E-state index is 12.2. The minimum Gasteiger partial charge on any atom is -0.435 e. The van der Waals surface area contributed by atoms with Gasteiger partial charge in [0.1, 0.15) is 6.20 Å². The van der Waals surface area contributed by atoms with Gasteiger partial charge in [0.15, 0.2) is 5.69 Å². The molecular weight excluding hydrogens is 340 g/mol. The number of carboxylic acid groups (broad SMARTS) is 1. The summed E-state index contributed by atoms with van der Waals surface area (Å²) in [4.78, 5) is 23.9. The van der Waals surface area contributed by atoms with E-state index < -0.39 is 6.09 Å². The lowest BCUT2D eigenvalue weighted by Gasteiger charge is -2.19. The standard InChI is InChI=1S/C22H22N2O3/c1-16(23-21(25)13-12-17-8-4-3-5-9-17)14-18-15-24(2,22(26)27)20-11-7-6-10-19(18)20/h3-13,15-16H,14H2,1-2H3,(H-,23,25,26,27)/p+1/t16-,24?/m1/s1. The van der Waals surface area contributed by atoms with E-state index in [2.05, 4.69) is 5.32 Å². The van der Waals surface area contributed by atoms with Crippen LogP contribution >= 0.6 is 0 Å². The van der Waals surface area contributed by atoms with E-state index in [0.29, 0.717) is 6.42 Å². The summed E-state index contributed by atoms with van der Waals surface area (Å²) in [6.45, 7) is 1.92. The Hall–Kier alpha value is -3.18. The molecule has 1 heterocycles. The monoisotopic (exact) mass is 363 g/mol. The third-order valence-electron chi connectivity index (χ3n) is 4.70. The molecule has 3 rings (SSSR count). The van der Waals surface area contributed by atoms with Gasteiger partial charge in [-0.3, -0.25) is 4.79 Å². The maximum Gasteiger partial charge on any atom is 0.523 e. The molecule has 1 unspecified atom stereocenters. The molecule has 2 N–H and O–H groups in total. The molecule has 27 heavy (non-hydrogen) atoms. The van der Waals surface area contributed by atoms with Crippen LogP contribution in [0.4, 0.5) is 10.5 Å². The average molecular weight is 363 g/mol. The van der Waals surface area contributed by atoms with Crippen molar-refractivity contribution >= 4 is 29.3 Å². The van der Waals surface area contributed by atoms with Gasteiger partial charge in [-0.05, 0) is 31.1 Å². The summed E-state index contributed by atoms with van der Waals surface area (Å²) < 4.78 is -0.278. The van der Waals surface area contributed by atoms with E-state index in [4.69, 9.17) is 0 Å². The van der Waals surface area contributed by atoms with E-state index in [0.717, 1.165) is 22.4 Å². The molecule has 0 saturated carbocycles. The fraction of sp³-hybridized carbons (Fsp3) is 0.182. The topological polar surface area (TPSA) is 66.4 Å². The number of carbonyl (C=O) groups is 2. The predicted octanol–water partition coefficient (Wildman–Crippen LogP) is 4.26. The van der Waals surface area contributed by atoms with E-state index in [1.54, 1.807) is 19.3 Å². The lowest BCUT2D eigenvalue weighted by atomic mass is 10.0. The van der Waals surface area contributed by atoms with Gasteiger partial charge in [0, 0.05) is 29.3 Å². The van der Waals surface area contributed by atoms with Gasteiger partial charge in [0.05, 0.1) is 7.05 Å². The molecule has 0 saturated heterocycles. The second-order valence-electron chi connectivity index (χ2n) is 6.89. The van der Waals surface area contributed by atoms with Gasteiger partial charge in [-0.25, -0.2) is 0 Å². The maximum atomic E-state index is 12.2. The van der Waals surface area contributed by atoms with E-state index in [-0.39, 0.29) is 16.4 Å². The van der Waals surface area contributed by atoms with E-state index in [1.165, 1.54) is 6.08 Å². The van der Waals surface area contributed by atoms with Crippen LogP contribution in [0.1, 0.15) is 24.5 Å². The summed E-state index contributed by atoms with van der Waals surface area (Å²) in [5.41, 5.74) is 3.54. The molecule has 5 nitrogen and oxygen atoms in total. The minimum atomic E-state index is -0.931. The predicted molar refractivity (Wildman–Crippen MR) is 108 cm³/mol. The number of hydrogen-bond donors (Lipinski definition) is 2. The molecular formula is C22H23N2O3+. The number of fused-ring (bicyclic) bond motifs is 1. The van der Waals surface area contributed by atoms with Crippen LogP contribution < -0.4 is 9.80 Å². The van der Waals surface area contributed by atoms with E-state index >= 15 is 0 Å². The van der Waals surface area contributed by atoms with Crippen LogP contribution in [0.2, 0.25) is 0 Å². The zero-order chi connectivity index (χ0) is 19.4. The Labute approximate surface area is 158 Å². The molecule has 1 aliphatic heterocycles. The van der Waals surface area contributed by atoms with Gasteiger partial charge >= 0.3 is 6.09 Å². The summed E-state index contributed by atoms with van der Waals surface area (Å²) >= 11 is 0. The van der Waals surface area contributed by atoms with Crippen LogP contribution in [-0.4, -0.2) is 30.2 Å². The molecule has 2 aromatic carbocycles. The van der Waals surface area contributed by atoms with Crippen LogP contribution in [0.25, 0.3) is 11.6 Å². The Morgan fingerprint density at radius 1 is 1.11 bits per heavy atom. The van der Waals surface area contributed by atoms with Crippen molar-refractivity contribution in [2.75, 3.05) is 7.05 Å². The van der Waals surface area contributed by atoms with Crippen molar-refractivity contribution in [2.24, 2.45) is 0 Å². The molecule has 0 fully saturated rings. The van der Waals surface area contributed by atoms with Crippen molar-refractivity contribution < 1.29 is 14.7 Å². The number of quaternary nitrogens is 1. The van der Waals surface area contributed by atoms with Gasteiger partial charge in [0.2, 0.25) is 5.91 Å². The summed E-state index contributed by atoms with van der Waals surface area (Å²) in [6, 6.07) is 17.0. The highest BCUT2D eigenvalue weighted by atomic mass is 16.4. The number of benzene rings is 2. The smallest absolute Gasteiger partial charge is 0.435 e. The number of nitrogens with zero attached hydrogens (tertiary/aromatic N) is 1. The molecule has 2 amide bonds. The molecule has 0 spiro atoms. The number of nitrogens with one attached hydrogen (secondary N) is 1. The number of carbonyl (C=O) groups excluding carboxylic acids is 1. The molecule has 0 radical (unpaired) electrons. The lowest BCUT2D eigenvalue weighted by Crippen LogP contribution is -2.43. The third kappa shape index (κ3) is 3.99. The highest BCUT2D eigenvalue weighted by molar-refractivity contribution is 5.95. The fourth-order valence-electron chi connectivity index (χ4n) is 3.33.